The highest BCUT2D eigenvalue weighted by atomic mass is 16.5. The molecule has 1 spiro atoms. The van der Waals surface area contributed by atoms with E-state index in [4.69, 9.17) is 4.74 Å². The molecule has 0 bridgehead atoms. The fourth-order valence-electron chi connectivity index (χ4n) is 4.28. The van der Waals surface area contributed by atoms with Gasteiger partial charge in [-0.15, -0.1) is 0 Å². The Morgan fingerprint density at radius 3 is 2.50 bits per heavy atom. The van der Waals surface area contributed by atoms with Crippen molar-refractivity contribution in [3.8, 4) is 0 Å². The molecule has 0 aromatic heterocycles. The number of nitrogens with zero attached hydrogens (tertiary/aromatic N) is 2. The highest BCUT2D eigenvalue weighted by Crippen LogP contribution is 2.37. The number of likely N-dealkylation sites (tertiary alicyclic amines) is 1. The summed E-state index contributed by atoms with van der Waals surface area (Å²) in [5.74, 6) is 0.154. The van der Waals surface area contributed by atoms with E-state index in [1.807, 2.05) is 35.2 Å². The molecule has 2 aliphatic heterocycles. The molecule has 2 saturated heterocycles. The lowest BCUT2D eigenvalue weighted by atomic mass is 9.81. The number of rotatable bonds is 4. The van der Waals surface area contributed by atoms with Crippen LogP contribution in [-0.2, 0) is 4.74 Å². The zero-order valence-corrected chi connectivity index (χ0v) is 15.0. The van der Waals surface area contributed by atoms with Crippen LogP contribution in [0.5, 0.6) is 0 Å². The van der Waals surface area contributed by atoms with Crippen LogP contribution in [0.3, 0.4) is 0 Å². The van der Waals surface area contributed by atoms with Gasteiger partial charge >= 0.3 is 0 Å². The third-order valence-electron chi connectivity index (χ3n) is 5.78. The summed E-state index contributed by atoms with van der Waals surface area (Å²) in [6.45, 7) is 9.16. The average Bonchev–Trinajstić information content (AvgIpc) is 2.64. The van der Waals surface area contributed by atoms with E-state index in [-0.39, 0.29) is 11.5 Å². The van der Waals surface area contributed by atoms with Gasteiger partial charge in [0.05, 0.1) is 5.60 Å². The first-order valence-corrected chi connectivity index (χ1v) is 9.40. The summed E-state index contributed by atoms with van der Waals surface area (Å²) in [5.41, 5.74) is 0.776. The van der Waals surface area contributed by atoms with Gasteiger partial charge in [0.1, 0.15) is 0 Å². The summed E-state index contributed by atoms with van der Waals surface area (Å²) in [6.07, 6.45) is 4.17. The third-order valence-corrected chi connectivity index (χ3v) is 5.78. The fourth-order valence-corrected chi connectivity index (χ4v) is 4.28. The molecule has 4 nitrogen and oxygen atoms in total. The Kier molecular flexibility index (Phi) is 5.57. The first kappa shape index (κ1) is 17.4. The van der Waals surface area contributed by atoms with Gasteiger partial charge < -0.3 is 14.5 Å². The summed E-state index contributed by atoms with van der Waals surface area (Å²) in [6, 6.07) is 10.2. The van der Waals surface area contributed by atoms with Crippen molar-refractivity contribution < 1.29 is 9.53 Å². The SMILES string of the molecule is CCN(CC)C1CCOC2(CCN(C(=O)c3ccccc3)CC2)C1. The maximum absolute atomic E-state index is 12.6. The van der Waals surface area contributed by atoms with E-state index in [0.717, 1.165) is 64.0 Å². The van der Waals surface area contributed by atoms with Crippen molar-refractivity contribution >= 4 is 5.91 Å². The zero-order chi connectivity index (χ0) is 17.0. The number of hydrogen-bond acceptors (Lipinski definition) is 3. The van der Waals surface area contributed by atoms with Crippen molar-refractivity contribution in [3.63, 3.8) is 0 Å². The van der Waals surface area contributed by atoms with Gasteiger partial charge in [0.25, 0.3) is 5.91 Å². The van der Waals surface area contributed by atoms with Crippen molar-refractivity contribution in [1.82, 2.24) is 9.80 Å². The molecule has 1 unspecified atom stereocenters. The van der Waals surface area contributed by atoms with E-state index in [0.29, 0.717) is 6.04 Å². The maximum Gasteiger partial charge on any atom is 0.253 e. The van der Waals surface area contributed by atoms with Crippen molar-refractivity contribution in [2.75, 3.05) is 32.8 Å². The lowest BCUT2D eigenvalue weighted by Crippen LogP contribution is -2.54. The normalized spacial score (nSPS) is 23.6. The molecule has 0 aliphatic carbocycles. The molecule has 2 fully saturated rings. The standard InChI is InChI=1S/C20H30N2O2/c1-3-21(4-2)18-10-15-24-20(16-18)11-13-22(14-12-20)19(23)17-8-6-5-7-9-17/h5-9,18H,3-4,10-16H2,1-2H3. The molecule has 1 aromatic carbocycles. The topological polar surface area (TPSA) is 32.8 Å². The summed E-state index contributed by atoms with van der Waals surface area (Å²) in [5, 5.41) is 0. The van der Waals surface area contributed by atoms with E-state index >= 15 is 0 Å². The lowest BCUT2D eigenvalue weighted by Gasteiger charge is -2.48. The summed E-state index contributed by atoms with van der Waals surface area (Å²) in [7, 11) is 0. The van der Waals surface area contributed by atoms with Crippen molar-refractivity contribution in [2.45, 2.75) is 51.2 Å². The zero-order valence-electron chi connectivity index (χ0n) is 15.0. The Labute approximate surface area is 145 Å². The molecule has 1 atom stereocenters. The second-order valence-corrected chi connectivity index (χ2v) is 7.06. The molecule has 2 heterocycles. The van der Waals surface area contributed by atoms with Crippen LogP contribution < -0.4 is 0 Å². The van der Waals surface area contributed by atoms with Crippen LogP contribution in [0.1, 0.15) is 49.9 Å². The van der Waals surface area contributed by atoms with Crippen molar-refractivity contribution in [2.24, 2.45) is 0 Å². The van der Waals surface area contributed by atoms with E-state index in [1.165, 1.54) is 0 Å². The van der Waals surface area contributed by atoms with E-state index in [1.54, 1.807) is 0 Å². The molecule has 4 heteroatoms. The van der Waals surface area contributed by atoms with Gasteiger partial charge in [-0.05, 0) is 50.9 Å². The summed E-state index contributed by atoms with van der Waals surface area (Å²) in [4.78, 5) is 17.2. The molecule has 1 aromatic rings. The molecule has 2 aliphatic rings. The number of hydrogen-bond donors (Lipinski definition) is 0. The van der Waals surface area contributed by atoms with Gasteiger partial charge in [0, 0.05) is 31.3 Å². The lowest BCUT2D eigenvalue weighted by molar-refractivity contribution is -0.129. The largest absolute Gasteiger partial charge is 0.375 e. The van der Waals surface area contributed by atoms with E-state index in [9.17, 15) is 4.79 Å². The summed E-state index contributed by atoms with van der Waals surface area (Å²) >= 11 is 0. The molecule has 0 N–H and O–H groups in total. The molecule has 0 radical (unpaired) electrons. The molecule has 1 amide bonds. The number of benzene rings is 1. The predicted octanol–water partition coefficient (Wildman–Crippen LogP) is 3.18. The van der Waals surface area contributed by atoms with E-state index < -0.39 is 0 Å². The monoisotopic (exact) mass is 330 g/mol. The maximum atomic E-state index is 12.6. The number of amides is 1. The van der Waals surface area contributed by atoms with Crippen LogP contribution in [0.4, 0.5) is 0 Å². The highest BCUT2D eigenvalue weighted by Gasteiger charge is 2.42. The minimum Gasteiger partial charge on any atom is -0.375 e. The smallest absolute Gasteiger partial charge is 0.253 e. The first-order chi connectivity index (χ1) is 11.7. The second kappa shape index (κ2) is 7.66. The molecule has 0 saturated carbocycles. The van der Waals surface area contributed by atoms with Gasteiger partial charge in [-0.1, -0.05) is 32.0 Å². The van der Waals surface area contributed by atoms with Gasteiger partial charge in [-0.2, -0.15) is 0 Å². The van der Waals surface area contributed by atoms with Crippen LogP contribution in [0.15, 0.2) is 30.3 Å². The minimum atomic E-state index is -0.0149. The number of carbonyl (C=O) groups is 1. The highest BCUT2D eigenvalue weighted by molar-refractivity contribution is 5.94. The van der Waals surface area contributed by atoms with Gasteiger partial charge in [-0.25, -0.2) is 0 Å². The number of ether oxygens (including phenoxy) is 1. The first-order valence-electron chi connectivity index (χ1n) is 9.40. The Hall–Kier alpha value is -1.39. The van der Waals surface area contributed by atoms with Gasteiger partial charge in [0.2, 0.25) is 0 Å². The number of piperidine rings is 1. The quantitative estimate of drug-likeness (QED) is 0.850. The Morgan fingerprint density at radius 2 is 1.88 bits per heavy atom. The third kappa shape index (κ3) is 3.65. The van der Waals surface area contributed by atoms with Crippen LogP contribution in [0.2, 0.25) is 0 Å². The Bertz CT molecular complexity index is 534. The molecular weight excluding hydrogens is 300 g/mol. The van der Waals surface area contributed by atoms with E-state index in [2.05, 4.69) is 18.7 Å². The van der Waals surface area contributed by atoms with Crippen LogP contribution in [0.25, 0.3) is 0 Å². The van der Waals surface area contributed by atoms with Crippen molar-refractivity contribution in [3.05, 3.63) is 35.9 Å². The van der Waals surface area contributed by atoms with Crippen molar-refractivity contribution in [1.29, 1.82) is 0 Å². The average molecular weight is 330 g/mol. The van der Waals surface area contributed by atoms with Crippen LogP contribution in [-0.4, -0.2) is 60.1 Å². The second-order valence-electron chi connectivity index (χ2n) is 7.06. The summed E-state index contributed by atoms with van der Waals surface area (Å²) < 4.78 is 6.24. The molecule has 3 rings (SSSR count). The molecule has 132 valence electrons. The fraction of sp³-hybridized carbons (Fsp3) is 0.650. The minimum absolute atomic E-state index is 0.0149. The molecule has 24 heavy (non-hydrogen) atoms. The van der Waals surface area contributed by atoms with Crippen LogP contribution in [0, 0.1) is 0 Å². The molecular formula is C20H30N2O2. The Balaban J connectivity index is 1.60. The Morgan fingerprint density at radius 1 is 1.21 bits per heavy atom. The van der Waals surface area contributed by atoms with Gasteiger partial charge in [0.15, 0.2) is 0 Å². The van der Waals surface area contributed by atoms with Gasteiger partial charge in [-0.3, -0.25) is 4.79 Å². The number of carbonyl (C=O) groups excluding carboxylic acids is 1. The predicted molar refractivity (Wildman–Crippen MR) is 96.2 cm³/mol. The van der Waals surface area contributed by atoms with Crippen LogP contribution >= 0.6 is 0 Å².